The van der Waals surface area contributed by atoms with E-state index in [1.807, 2.05) is 13.0 Å². The fourth-order valence-electron chi connectivity index (χ4n) is 9.36. The van der Waals surface area contributed by atoms with Gasteiger partial charge in [0, 0.05) is 42.2 Å². The molecule has 0 amide bonds. The summed E-state index contributed by atoms with van der Waals surface area (Å²) in [7, 11) is 0. The van der Waals surface area contributed by atoms with Crippen molar-refractivity contribution < 1.29 is 9.13 Å². The van der Waals surface area contributed by atoms with E-state index < -0.39 is 0 Å². The molecular weight excluding hydrogens is 525 g/mol. The van der Waals surface area contributed by atoms with Gasteiger partial charge in [-0.2, -0.15) is 9.97 Å². The summed E-state index contributed by atoms with van der Waals surface area (Å²) in [5.41, 5.74) is 5.73. The Hall–Kier alpha value is -2.77. The molecule has 5 aliphatic heterocycles. The summed E-state index contributed by atoms with van der Waals surface area (Å²) in [6.45, 7) is 9.05. The average molecular weight is 570 g/mol. The fourth-order valence-corrected chi connectivity index (χ4v) is 9.36. The first-order valence-corrected chi connectivity index (χ1v) is 16.5. The molecule has 0 saturated carbocycles. The molecule has 0 radical (unpaired) electrons. The first-order chi connectivity index (χ1) is 20.5. The summed E-state index contributed by atoms with van der Waals surface area (Å²) in [5.74, 6) is 1.06. The Morgan fingerprint density at radius 1 is 1.10 bits per heavy atom. The van der Waals surface area contributed by atoms with Crippen LogP contribution >= 0.6 is 0 Å². The molecule has 2 aromatic carbocycles. The lowest BCUT2D eigenvalue weighted by Gasteiger charge is -2.35. The lowest BCUT2D eigenvalue weighted by Crippen LogP contribution is -2.43. The molecular formula is C35H44FN5O. The number of aryl methyl sites for hydroxylation is 1. The predicted octanol–water partition coefficient (Wildman–Crippen LogP) is 6.15. The van der Waals surface area contributed by atoms with Crippen LogP contribution < -0.4 is 15.0 Å². The summed E-state index contributed by atoms with van der Waals surface area (Å²) >= 11 is 0. The van der Waals surface area contributed by atoms with Gasteiger partial charge in [-0.1, -0.05) is 32.0 Å². The van der Waals surface area contributed by atoms with Crippen molar-refractivity contribution in [2.75, 3.05) is 31.1 Å². The summed E-state index contributed by atoms with van der Waals surface area (Å²) in [6, 6.07) is 11.7. The normalized spacial score (nSPS) is 30.6. The highest BCUT2D eigenvalue weighted by Gasteiger charge is 2.48. The minimum absolute atomic E-state index is 0.114. The van der Waals surface area contributed by atoms with Crippen molar-refractivity contribution in [3.8, 4) is 6.01 Å². The van der Waals surface area contributed by atoms with E-state index in [9.17, 15) is 4.39 Å². The number of halogens is 1. The van der Waals surface area contributed by atoms with Crippen molar-refractivity contribution >= 4 is 16.5 Å². The number of fused-ring (bicyclic) bond motifs is 5. The first kappa shape index (κ1) is 26.8. The van der Waals surface area contributed by atoms with Crippen molar-refractivity contribution in [1.82, 2.24) is 20.2 Å². The molecule has 5 aliphatic rings. The Balaban J connectivity index is 1.15. The van der Waals surface area contributed by atoms with E-state index in [2.05, 4.69) is 40.2 Å². The minimum Gasteiger partial charge on any atom is -0.461 e. The topological polar surface area (TPSA) is 53.5 Å². The molecule has 0 aliphatic carbocycles. The van der Waals surface area contributed by atoms with Crippen molar-refractivity contribution in [2.45, 2.75) is 102 Å². The molecule has 1 N–H and O–H groups in total. The second-order valence-corrected chi connectivity index (χ2v) is 13.9. The van der Waals surface area contributed by atoms with E-state index in [0.717, 1.165) is 53.5 Å². The third kappa shape index (κ3) is 4.50. The number of rotatable bonds is 6. The SMILES string of the molecule is CCc1c(F)ccc2cccc(N3CCc4c(nc(OC[C@@]56CCCN5C[C@H](C)C6)nc4[C@@H]4C[C@H]5CC[C@@H](C4)N5)C3)c12. The standard InChI is InChI=1S/C35H44FN5O/c1-3-27-29(36)11-8-23-6-4-7-31(32(23)27)40-15-12-28-30(20-40)38-34(39-33(28)24-16-25-9-10-26(17-24)37-25)42-21-35-13-5-14-41(35)19-22(2)18-35/h4,6-8,11,22,24-26,37H,3,5,9-10,12-21H2,1-2H3/t22-,24-,25-,26+,35+/m1/s1. The highest BCUT2D eigenvalue weighted by atomic mass is 19.1. The second kappa shape index (κ2) is 10.4. The molecule has 2 bridgehead atoms. The molecule has 42 heavy (non-hydrogen) atoms. The van der Waals surface area contributed by atoms with Crippen LogP contribution in [0.25, 0.3) is 10.8 Å². The molecule has 4 fully saturated rings. The van der Waals surface area contributed by atoms with Gasteiger partial charge in [-0.15, -0.1) is 0 Å². The zero-order chi connectivity index (χ0) is 28.4. The van der Waals surface area contributed by atoms with Gasteiger partial charge in [0.15, 0.2) is 0 Å². The fraction of sp³-hybridized carbons (Fsp3) is 0.600. The molecule has 7 heteroatoms. The average Bonchev–Trinajstić information content (AvgIpc) is 3.65. The van der Waals surface area contributed by atoms with Crippen LogP contribution in [0.1, 0.15) is 87.2 Å². The Labute approximate surface area is 249 Å². The van der Waals surface area contributed by atoms with Gasteiger partial charge in [0.1, 0.15) is 12.4 Å². The van der Waals surface area contributed by atoms with Crippen LogP contribution in [-0.2, 0) is 19.4 Å². The van der Waals surface area contributed by atoms with Crippen molar-refractivity contribution in [3.05, 3.63) is 58.7 Å². The van der Waals surface area contributed by atoms with Gasteiger partial charge in [-0.3, -0.25) is 4.90 Å². The molecule has 6 nitrogen and oxygen atoms in total. The number of hydrogen-bond donors (Lipinski definition) is 1. The molecule has 4 saturated heterocycles. The summed E-state index contributed by atoms with van der Waals surface area (Å²) < 4.78 is 21.6. The van der Waals surface area contributed by atoms with Crippen molar-refractivity contribution in [2.24, 2.45) is 5.92 Å². The zero-order valence-corrected chi connectivity index (χ0v) is 25.2. The number of piperidine rings is 1. The summed E-state index contributed by atoms with van der Waals surface area (Å²) in [4.78, 5) is 15.5. The van der Waals surface area contributed by atoms with Gasteiger partial charge in [0.05, 0.1) is 23.5 Å². The Morgan fingerprint density at radius 2 is 1.95 bits per heavy atom. The van der Waals surface area contributed by atoms with E-state index in [4.69, 9.17) is 14.7 Å². The van der Waals surface area contributed by atoms with E-state index >= 15 is 0 Å². The molecule has 8 rings (SSSR count). The number of benzene rings is 2. The molecule has 3 aromatic rings. The smallest absolute Gasteiger partial charge is 0.316 e. The molecule has 0 unspecified atom stereocenters. The highest BCUT2D eigenvalue weighted by molar-refractivity contribution is 5.97. The number of aromatic nitrogens is 2. The number of nitrogens with zero attached hydrogens (tertiary/aromatic N) is 4. The van der Waals surface area contributed by atoms with E-state index in [1.165, 1.54) is 56.5 Å². The summed E-state index contributed by atoms with van der Waals surface area (Å²) in [5, 5.41) is 5.96. The number of nitrogens with one attached hydrogen (secondary N) is 1. The first-order valence-electron chi connectivity index (χ1n) is 16.5. The maximum Gasteiger partial charge on any atom is 0.316 e. The lowest BCUT2D eigenvalue weighted by molar-refractivity contribution is 0.107. The van der Waals surface area contributed by atoms with Crippen LogP contribution in [0.2, 0.25) is 0 Å². The molecule has 5 atom stereocenters. The Morgan fingerprint density at radius 3 is 2.79 bits per heavy atom. The van der Waals surface area contributed by atoms with Crippen molar-refractivity contribution in [3.63, 3.8) is 0 Å². The number of ether oxygens (including phenoxy) is 1. The van der Waals surface area contributed by atoms with Gasteiger partial charge >= 0.3 is 6.01 Å². The van der Waals surface area contributed by atoms with Crippen molar-refractivity contribution in [1.29, 1.82) is 0 Å². The molecule has 222 valence electrons. The van der Waals surface area contributed by atoms with Crippen LogP contribution in [0.3, 0.4) is 0 Å². The van der Waals surface area contributed by atoms with Crippen LogP contribution in [0, 0.1) is 11.7 Å². The van der Waals surface area contributed by atoms with Crippen LogP contribution in [0.5, 0.6) is 6.01 Å². The monoisotopic (exact) mass is 569 g/mol. The molecule has 6 heterocycles. The van der Waals surface area contributed by atoms with Gasteiger partial charge in [0.25, 0.3) is 0 Å². The van der Waals surface area contributed by atoms with E-state index in [-0.39, 0.29) is 11.4 Å². The largest absolute Gasteiger partial charge is 0.461 e. The van der Waals surface area contributed by atoms with Gasteiger partial charge in [-0.25, -0.2) is 4.39 Å². The number of hydrogen-bond acceptors (Lipinski definition) is 6. The van der Waals surface area contributed by atoms with Gasteiger partial charge in [0.2, 0.25) is 0 Å². The maximum absolute atomic E-state index is 15.0. The van der Waals surface area contributed by atoms with Gasteiger partial charge in [-0.05, 0) is 98.9 Å². The Bertz CT molecular complexity index is 1500. The lowest BCUT2D eigenvalue weighted by atomic mass is 9.85. The third-order valence-corrected chi connectivity index (χ3v) is 11.2. The Kier molecular flexibility index (Phi) is 6.67. The minimum atomic E-state index is -0.114. The predicted molar refractivity (Wildman–Crippen MR) is 165 cm³/mol. The maximum atomic E-state index is 15.0. The zero-order valence-electron chi connectivity index (χ0n) is 25.2. The third-order valence-electron chi connectivity index (χ3n) is 11.2. The van der Waals surface area contributed by atoms with Gasteiger partial charge < -0.3 is 15.0 Å². The van der Waals surface area contributed by atoms with E-state index in [0.29, 0.717) is 49.5 Å². The highest BCUT2D eigenvalue weighted by Crippen LogP contribution is 2.43. The number of anilines is 1. The van der Waals surface area contributed by atoms with Crippen LogP contribution in [0.4, 0.5) is 10.1 Å². The summed E-state index contributed by atoms with van der Waals surface area (Å²) in [6.07, 6.45) is 10.1. The second-order valence-electron chi connectivity index (χ2n) is 13.9. The van der Waals surface area contributed by atoms with Crippen LogP contribution in [-0.4, -0.2) is 58.7 Å². The van der Waals surface area contributed by atoms with Crippen LogP contribution in [0.15, 0.2) is 30.3 Å². The van der Waals surface area contributed by atoms with E-state index in [1.54, 1.807) is 6.07 Å². The molecule has 0 spiro atoms. The quantitative estimate of drug-likeness (QED) is 0.385. The molecule has 1 aromatic heterocycles.